The second-order valence-corrected chi connectivity index (χ2v) is 32.5. The summed E-state index contributed by atoms with van der Waals surface area (Å²) in [6.07, 6.45) is 3.58. The van der Waals surface area contributed by atoms with E-state index in [0.29, 0.717) is 24.7 Å². The number of rotatable bonds is 16. The number of halogens is 1. The van der Waals surface area contributed by atoms with Gasteiger partial charge in [-0.05, 0) is 135 Å². The first kappa shape index (κ1) is 63.9. The topological polar surface area (TPSA) is 148 Å². The van der Waals surface area contributed by atoms with E-state index in [4.69, 9.17) is 55.3 Å². The standard InChI is InChI=1S/C26H34O5Si.C21H27BrO4Si.C6H14O2.C5H7BO/c1-26(2,3)32(4,5)31-25(24(27)29-19-20-9-7-6-8-10-20)30-23-13-11-21(12-14-23)22-15-17-28-18-16-22;1-21(2,3)27(4,5)26-20(25-18-13-11-17(22)12-14-18)19(23)24-15-16-9-7-6-8-10-16;1-5(2,7)6(3,4)8;6-5-1-3-7-4-2-5/h6-15,25H,16-19H2,1-5H3;6-14,20H,15H2,1-5H3;7-8H,1-4H3;1H,2-4H2/t25-;20-;;/m00../s1. The molecule has 6 rings (SSSR count). The minimum Gasteiger partial charge on any atom is -0.456 e. The van der Waals surface area contributed by atoms with Gasteiger partial charge in [0.2, 0.25) is 0 Å². The Bertz CT molecular complexity index is 2340. The van der Waals surface area contributed by atoms with E-state index in [9.17, 15) is 9.59 Å². The van der Waals surface area contributed by atoms with E-state index in [2.05, 4.69) is 89.7 Å². The van der Waals surface area contributed by atoms with Gasteiger partial charge in [0.15, 0.2) is 16.6 Å². The van der Waals surface area contributed by atoms with Gasteiger partial charge < -0.3 is 47.5 Å². The molecule has 12 nitrogen and oxygen atoms in total. The third-order valence-corrected chi connectivity index (χ3v) is 22.6. The lowest BCUT2D eigenvalue weighted by Gasteiger charge is -2.38. The van der Waals surface area contributed by atoms with E-state index in [1.165, 1.54) is 5.57 Å². The molecular weight excluding hydrogens is 1040 g/mol. The molecule has 16 heteroatoms. The van der Waals surface area contributed by atoms with Gasteiger partial charge in [0.05, 0.1) is 31.0 Å². The summed E-state index contributed by atoms with van der Waals surface area (Å²) in [6.45, 7) is 30.6. The van der Waals surface area contributed by atoms with Crippen LogP contribution >= 0.6 is 15.9 Å². The fourth-order valence-corrected chi connectivity index (χ4v) is 7.89. The lowest BCUT2D eigenvalue weighted by molar-refractivity contribution is -0.168. The molecule has 0 saturated carbocycles. The fraction of sp³-hybridized carbons (Fsp3) is 0.483. The Morgan fingerprint density at radius 2 is 0.959 bits per heavy atom. The number of hydrogen-bond donors (Lipinski definition) is 2. The van der Waals surface area contributed by atoms with Crippen LogP contribution in [0.25, 0.3) is 5.57 Å². The molecule has 0 saturated heterocycles. The third kappa shape index (κ3) is 22.9. The van der Waals surface area contributed by atoms with Crippen LogP contribution in [0.2, 0.25) is 36.3 Å². The summed E-state index contributed by atoms with van der Waals surface area (Å²) in [5.41, 5.74) is 3.18. The van der Waals surface area contributed by atoms with Crippen molar-refractivity contribution in [2.75, 3.05) is 26.4 Å². The maximum atomic E-state index is 13.0. The zero-order valence-corrected chi connectivity index (χ0v) is 49.9. The van der Waals surface area contributed by atoms with Crippen molar-refractivity contribution < 1.29 is 57.1 Å². The van der Waals surface area contributed by atoms with E-state index in [0.717, 1.165) is 52.7 Å². The molecule has 2 atom stereocenters. The molecule has 0 aliphatic carbocycles. The van der Waals surface area contributed by atoms with Crippen molar-refractivity contribution in [3.05, 3.63) is 148 Å². The number of esters is 2. The minimum absolute atomic E-state index is 0.0615. The van der Waals surface area contributed by atoms with Crippen LogP contribution in [0.4, 0.5) is 0 Å². The zero-order valence-electron chi connectivity index (χ0n) is 46.3. The molecular formula is C58H82BBrO12Si2. The first-order chi connectivity index (χ1) is 34.4. The van der Waals surface area contributed by atoms with Crippen LogP contribution in [0.3, 0.4) is 0 Å². The second kappa shape index (κ2) is 29.2. The Morgan fingerprint density at radius 3 is 1.27 bits per heavy atom. The van der Waals surface area contributed by atoms with Crippen molar-refractivity contribution in [2.45, 2.75) is 155 Å². The van der Waals surface area contributed by atoms with Crippen molar-refractivity contribution in [3.8, 4) is 11.5 Å². The molecule has 2 heterocycles. The first-order valence-electron chi connectivity index (χ1n) is 25.1. The van der Waals surface area contributed by atoms with Crippen LogP contribution in [0, 0.1) is 0 Å². The highest BCUT2D eigenvalue weighted by molar-refractivity contribution is 9.10. The number of benzene rings is 4. The van der Waals surface area contributed by atoms with Crippen molar-refractivity contribution >= 4 is 57.9 Å². The van der Waals surface area contributed by atoms with Crippen LogP contribution in [-0.2, 0) is 50.6 Å². The van der Waals surface area contributed by atoms with Crippen molar-refractivity contribution in [3.63, 3.8) is 0 Å². The number of carbonyl (C=O) groups is 2. The van der Waals surface area contributed by atoms with Gasteiger partial charge in [-0.3, -0.25) is 0 Å². The van der Waals surface area contributed by atoms with Gasteiger partial charge in [0.1, 0.15) is 32.6 Å². The van der Waals surface area contributed by atoms with E-state index in [1.807, 2.05) is 103 Å². The predicted octanol–water partition coefficient (Wildman–Crippen LogP) is 12.9. The smallest absolute Gasteiger partial charge is 0.375 e. The van der Waals surface area contributed by atoms with Crippen molar-refractivity contribution in [2.24, 2.45) is 0 Å². The van der Waals surface area contributed by atoms with Crippen LogP contribution in [0.15, 0.2) is 131 Å². The highest BCUT2D eigenvalue weighted by Crippen LogP contribution is 2.39. The SMILES string of the molecule is CC(C)(C)[Si](C)(C)O[C@H](Oc1ccc(Br)cc1)C(=O)OCc1ccccc1.CC(C)(C)[Si](C)(C)O[C@H](Oc1ccc(C2=CCOCC2)cc1)C(=O)OCc1ccccc1.CC(C)(O)C(C)(C)O.[B]C1=CCOCC1. The van der Waals surface area contributed by atoms with E-state index in [-0.39, 0.29) is 23.3 Å². The Hall–Kier alpha value is -4.36. The lowest BCUT2D eigenvalue weighted by atomic mass is 9.90. The Balaban J connectivity index is 0.000000307. The van der Waals surface area contributed by atoms with Gasteiger partial charge in [-0.1, -0.05) is 142 Å². The predicted molar refractivity (Wildman–Crippen MR) is 304 cm³/mol. The van der Waals surface area contributed by atoms with Gasteiger partial charge in [0, 0.05) is 11.1 Å². The fourth-order valence-electron chi connectivity index (χ4n) is 5.56. The summed E-state index contributed by atoms with van der Waals surface area (Å²) >= 11 is 3.39. The van der Waals surface area contributed by atoms with Crippen LogP contribution < -0.4 is 9.47 Å². The summed E-state index contributed by atoms with van der Waals surface area (Å²) in [6, 6.07) is 34.2. The molecule has 4 aromatic carbocycles. The van der Waals surface area contributed by atoms with Crippen molar-refractivity contribution in [1.82, 2.24) is 0 Å². The van der Waals surface area contributed by atoms with Crippen LogP contribution in [-0.4, -0.2) is 96.8 Å². The molecule has 0 aromatic heterocycles. The Labute approximate surface area is 453 Å². The number of aliphatic hydroxyl groups is 2. The average Bonchev–Trinajstić information content (AvgIpc) is 3.33. The molecule has 2 radical (unpaired) electrons. The van der Waals surface area contributed by atoms with Gasteiger partial charge in [0.25, 0.3) is 12.6 Å². The number of hydrogen-bond acceptors (Lipinski definition) is 12. The summed E-state index contributed by atoms with van der Waals surface area (Å²) < 4.78 is 46.8. The zero-order chi connectivity index (χ0) is 55.4. The normalized spacial score (nSPS) is 15.1. The molecule has 2 N–H and O–H groups in total. The molecule has 0 fully saturated rings. The molecule has 0 bridgehead atoms. The van der Waals surface area contributed by atoms with Gasteiger partial charge in [-0.25, -0.2) is 9.59 Å². The minimum atomic E-state index is -2.28. The summed E-state index contributed by atoms with van der Waals surface area (Å²) in [7, 11) is 0.897. The van der Waals surface area contributed by atoms with Gasteiger partial charge in [-0.15, -0.1) is 5.47 Å². The van der Waals surface area contributed by atoms with Gasteiger partial charge >= 0.3 is 11.9 Å². The summed E-state index contributed by atoms with van der Waals surface area (Å²) in [5, 5.41) is 18.1. The second-order valence-electron chi connectivity index (χ2n) is 22.1. The highest BCUT2D eigenvalue weighted by atomic mass is 79.9. The largest absolute Gasteiger partial charge is 0.456 e. The molecule has 2 aliphatic heterocycles. The molecule has 404 valence electrons. The molecule has 0 unspecified atom stereocenters. The summed E-state index contributed by atoms with van der Waals surface area (Å²) in [5.74, 6) is 0.0850. The quantitative estimate of drug-likeness (QED) is 0.0625. The molecule has 2 aliphatic rings. The summed E-state index contributed by atoms with van der Waals surface area (Å²) in [4.78, 5) is 25.7. The molecule has 0 spiro atoms. The van der Waals surface area contributed by atoms with Gasteiger partial charge in [-0.2, -0.15) is 0 Å². The first-order valence-corrected chi connectivity index (χ1v) is 31.7. The monoisotopic (exact) mass is 1120 g/mol. The van der Waals surface area contributed by atoms with E-state index >= 15 is 0 Å². The maximum Gasteiger partial charge on any atom is 0.375 e. The maximum absolute atomic E-state index is 13.0. The van der Waals surface area contributed by atoms with E-state index in [1.54, 1.807) is 39.8 Å². The van der Waals surface area contributed by atoms with E-state index < -0.39 is 52.4 Å². The lowest BCUT2D eigenvalue weighted by Crippen LogP contribution is -2.48. The Morgan fingerprint density at radius 1 is 0.581 bits per heavy atom. The Kier molecular flexibility index (Phi) is 25.3. The average molecular weight is 1120 g/mol. The third-order valence-electron chi connectivity index (χ3n) is 13.2. The van der Waals surface area contributed by atoms with Crippen molar-refractivity contribution in [1.29, 1.82) is 0 Å². The van der Waals surface area contributed by atoms with Crippen LogP contribution in [0.1, 0.15) is 98.8 Å². The number of ether oxygens (including phenoxy) is 6. The molecule has 4 aromatic rings. The molecule has 0 amide bonds. The van der Waals surface area contributed by atoms with Crippen LogP contribution in [0.5, 0.6) is 11.5 Å². The molecule has 74 heavy (non-hydrogen) atoms. The number of carbonyl (C=O) groups excluding carboxylic acids is 2. The highest BCUT2D eigenvalue weighted by Gasteiger charge is 2.43.